The average Bonchev–Trinajstić information content (AvgIpc) is 2.72. The van der Waals surface area contributed by atoms with E-state index in [0.717, 1.165) is 24.7 Å². The van der Waals surface area contributed by atoms with E-state index in [-0.39, 0.29) is 24.0 Å². The average molecular weight is 443 g/mol. The van der Waals surface area contributed by atoms with E-state index in [0.29, 0.717) is 11.6 Å². The first kappa shape index (κ1) is 23.4. The van der Waals surface area contributed by atoms with Crippen LogP contribution in [0.5, 0.6) is 0 Å². The van der Waals surface area contributed by atoms with E-state index in [1.807, 2.05) is 12.1 Å². The molecule has 1 aliphatic heterocycles. The monoisotopic (exact) mass is 442 g/mol. The van der Waals surface area contributed by atoms with Gasteiger partial charge in [0.25, 0.3) is 0 Å². The van der Waals surface area contributed by atoms with Crippen molar-refractivity contribution in [3.05, 3.63) is 36.2 Å². The summed E-state index contributed by atoms with van der Waals surface area (Å²) in [5.41, 5.74) is 0. The number of ether oxygens (including phenoxy) is 2. The third-order valence-corrected chi connectivity index (χ3v) is 5.24. The van der Waals surface area contributed by atoms with Crippen molar-refractivity contribution >= 4 is 23.6 Å². The number of esters is 2. The first-order chi connectivity index (χ1) is 15.2. The lowest BCUT2D eigenvalue weighted by molar-refractivity contribution is -0.147. The first-order valence-electron chi connectivity index (χ1n) is 10.7. The zero-order valence-electron chi connectivity index (χ0n) is 19.3. The summed E-state index contributed by atoms with van der Waals surface area (Å²) >= 11 is 0. The van der Waals surface area contributed by atoms with E-state index in [2.05, 4.69) is 43.6 Å². The smallest absolute Gasteiger partial charge is 0.303 e. The minimum absolute atomic E-state index is 0.134. The molecule has 2 aromatic heterocycles. The molecule has 0 saturated carbocycles. The molecule has 0 unspecified atom stereocenters. The molecule has 10 heteroatoms. The second-order valence-electron chi connectivity index (χ2n) is 8.06. The van der Waals surface area contributed by atoms with Gasteiger partial charge in [-0.15, -0.1) is 0 Å². The topological polar surface area (TPSA) is 111 Å². The van der Waals surface area contributed by atoms with Gasteiger partial charge in [0.1, 0.15) is 11.6 Å². The van der Waals surface area contributed by atoms with Gasteiger partial charge in [0.05, 0.1) is 0 Å². The Kier molecular flexibility index (Phi) is 7.22. The van der Waals surface area contributed by atoms with Gasteiger partial charge < -0.3 is 19.3 Å². The fourth-order valence-electron chi connectivity index (χ4n) is 4.00. The summed E-state index contributed by atoms with van der Waals surface area (Å²) < 4.78 is 10.4. The van der Waals surface area contributed by atoms with Gasteiger partial charge in [0.2, 0.25) is 0 Å². The molecule has 32 heavy (non-hydrogen) atoms. The van der Waals surface area contributed by atoms with Crippen LogP contribution in [0.2, 0.25) is 0 Å². The summed E-state index contributed by atoms with van der Waals surface area (Å²) in [6.07, 6.45) is 2.35. The molecule has 1 aliphatic rings. The lowest BCUT2D eigenvalue weighted by Gasteiger charge is -2.45. The van der Waals surface area contributed by atoms with Crippen molar-refractivity contribution in [2.45, 2.75) is 65.8 Å². The summed E-state index contributed by atoms with van der Waals surface area (Å²) in [4.78, 5) is 44.8. The molecular weight excluding hydrogens is 412 g/mol. The van der Waals surface area contributed by atoms with Gasteiger partial charge in [-0.2, -0.15) is 0 Å². The lowest BCUT2D eigenvalue weighted by atomic mass is 10.1. The Balaban J connectivity index is 1.77. The largest absolute Gasteiger partial charge is 0.455 e. The Morgan fingerprint density at radius 2 is 1.31 bits per heavy atom. The van der Waals surface area contributed by atoms with Gasteiger partial charge in [-0.3, -0.25) is 9.59 Å². The quantitative estimate of drug-likeness (QED) is 0.619. The van der Waals surface area contributed by atoms with Gasteiger partial charge in [0.15, 0.2) is 23.9 Å². The van der Waals surface area contributed by atoms with Crippen LogP contribution < -0.4 is 9.80 Å². The SMILES string of the molecule is CC(=O)O[C@H](C)c1nccc(N2C[C@@H](C)N(c3ccnc([C@@H](C)OC(C)=O)n3)[C@@H](C)C2)n1. The van der Waals surface area contributed by atoms with E-state index in [1.54, 1.807) is 26.2 Å². The van der Waals surface area contributed by atoms with Gasteiger partial charge in [-0.25, -0.2) is 19.9 Å². The van der Waals surface area contributed by atoms with E-state index in [4.69, 9.17) is 9.47 Å². The zero-order valence-corrected chi connectivity index (χ0v) is 19.3. The molecule has 1 saturated heterocycles. The predicted molar refractivity (Wildman–Crippen MR) is 118 cm³/mol. The number of nitrogens with zero attached hydrogens (tertiary/aromatic N) is 6. The second kappa shape index (κ2) is 9.88. The van der Waals surface area contributed by atoms with Crippen molar-refractivity contribution < 1.29 is 19.1 Å². The Bertz CT molecular complexity index is 959. The molecule has 10 nitrogen and oxygen atoms in total. The van der Waals surface area contributed by atoms with Crippen molar-refractivity contribution in [1.82, 2.24) is 19.9 Å². The summed E-state index contributed by atoms with van der Waals surface area (Å²) in [7, 11) is 0. The van der Waals surface area contributed by atoms with Crippen molar-refractivity contribution in [2.75, 3.05) is 22.9 Å². The third kappa shape index (κ3) is 5.49. The number of carbonyl (C=O) groups excluding carboxylic acids is 2. The maximum Gasteiger partial charge on any atom is 0.303 e. The summed E-state index contributed by atoms with van der Waals surface area (Å²) in [5.74, 6) is 1.79. The number of hydrogen-bond acceptors (Lipinski definition) is 10. The molecule has 2 aromatic rings. The van der Waals surface area contributed by atoms with Crippen LogP contribution in [0.15, 0.2) is 24.5 Å². The molecule has 172 valence electrons. The highest BCUT2D eigenvalue weighted by molar-refractivity contribution is 5.66. The molecule has 0 radical (unpaired) electrons. The second-order valence-corrected chi connectivity index (χ2v) is 8.06. The highest BCUT2D eigenvalue weighted by atomic mass is 16.5. The molecular formula is C22H30N6O4. The van der Waals surface area contributed by atoms with Crippen LogP contribution >= 0.6 is 0 Å². The Labute approximate surface area is 188 Å². The normalized spacial score (nSPS) is 20.4. The molecule has 3 rings (SSSR count). The highest BCUT2D eigenvalue weighted by Crippen LogP contribution is 2.27. The van der Waals surface area contributed by atoms with Crippen LogP contribution in [0, 0.1) is 0 Å². The predicted octanol–water partition coefficient (Wildman–Crippen LogP) is 2.62. The first-order valence-corrected chi connectivity index (χ1v) is 10.7. The van der Waals surface area contributed by atoms with E-state index < -0.39 is 12.2 Å². The number of aromatic nitrogens is 4. The molecule has 0 bridgehead atoms. The number of anilines is 2. The van der Waals surface area contributed by atoms with Crippen LogP contribution in [-0.4, -0.2) is 57.0 Å². The number of piperazine rings is 1. The molecule has 3 heterocycles. The summed E-state index contributed by atoms with van der Waals surface area (Å²) in [6.45, 7) is 12.0. The van der Waals surface area contributed by atoms with Crippen LogP contribution in [0.1, 0.15) is 65.4 Å². The molecule has 0 amide bonds. The van der Waals surface area contributed by atoms with Crippen LogP contribution in [0.3, 0.4) is 0 Å². The van der Waals surface area contributed by atoms with Gasteiger partial charge in [0, 0.05) is 51.4 Å². The summed E-state index contributed by atoms with van der Waals surface area (Å²) in [5, 5.41) is 0. The van der Waals surface area contributed by atoms with Crippen LogP contribution in [0.25, 0.3) is 0 Å². The third-order valence-electron chi connectivity index (χ3n) is 5.24. The summed E-state index contributed by atoms with van der Waals surface area (Å²) in [6, 6.07) is 4.00. The van der Waals surface area contributed by atoms with E-state index >= 15 is 0 Å². The standard InChI is InChI=1S/C22H30N6O4/c1-13-11-27(19-7-9-23-21(25-19)15(3)31-17(5)29)12-14(2)28(13)20-8-10-24-22(26-20)16(4)32-18(6)30/h7-10,13-16H,11-12H2,1-6H3/t13-,14+,15-,16-/m1/s1. The Morgan fingerprint density at radius 1 is 0.875 bits per heavy atom. The number of hydrogen-bond donors (Lipinski definition) is 0. The fraction of sp³-hybridized carbons (Fsp3) is 0.545. The van der Waals surface area contributed by atoms with E-state index in [9.17, 15) is 9.59 Å². The fourth-order valence-corrected chi connectivity index (χ4v) is 4.00. The van der Waals surface area contributed by atoms with Crippen LogP contribution in [0.4, 0.5) is 11.6 Å². The zero-order chi connectivity index (χ0) is 23.4. The van der Waals surface area contributed by atoms with Crippen molar-refractivity contribution in [1.29, 1.82) is 0 Å². The van der Waals surface area contributed by atoms with Crippen LogP contribution in [-0.2, 0) is 19.1 Å². The Morgan fingerprint density at radius 3 is 1.78 bits per heavy atom. The molecule has 1 fully saturated rings. The van der Waals surface area contributed by atoms with Gasteiger partial charge >= 0.3 is 11.9 Å². The molecule has 0 aromatic carbocycles. The highest BCUT2D eigenvalue weighted by Gasteiger charge is 2.32. The molecule has 0 aliphatic carbocycles. The minimum atomic E-state index is -0.516. The molecule has 4 atom stereocenters. The molecule has 0 N–H and O–H groups in total. The van der Waals surface area contributed by atoms with Crippen molar-refractivity contribution in [3.63, 3.8) is 0 Å². The number of rotatable bonds is 6. The minimum Gasteiger partial charge on any atom is -0.455 e. The van der Waals surface area contributed by atoms with Crippen molar-refractivity contribution in [3.8, 4) is 0 Å². The number of carbonyl (C=O) groups is 2. The van der Waals surface area contributed by atoms with Crippen molar-refractivity contribution in [2.24, 2.45) is 0 Å². The lowest BCUT2D eigenvalue weighted by Crippen LogP contribution is -2.57. The Hall–Kier alpha value is -3.30. The van der Waals surface area contributed by atoms with Gasteiger partial charge in [-0.05, 0) is 39.8 Å². The molecule has 0 spiro atoms. The van der Waals surface area contributed by atoms with Gasteiger partial charge in [-0.1, -0.05) is 0 Å². The maximum absolute atomic E-state index is 11.3. The van der Waals surface area contributed by atoms with E-state index in [1.165, 1.54) is 13.8 Å². The maximum atomic E-state index is 11.3.